The molecule has 0 bridgehead atoms. The van der Waals surface area contributed by atoms with Crippen LogP contribution in [0.2, 0.25) is 0 Å². The van der Waals surface area contributed by atoms with Crippen molar-refractivity contribution >= 4 is 11.9 Å². The molecule has 1 aromatic heterocycles. The van der Waals surface area contributed by atoms with Gasteiger partial charge in [-0.15, -0.1) is 0 Å². The first-order valence-corrected chi connectivity index (χ1v) is 6.28. The Balaban J connectivity index is 2.98. The number of carbonyl (C=O) groups is 2. The van der Waals surface area contributed by atoms with Crippen LogP contribution in [0.3, 0.4) is 0 Å². The number of hydrogen-bond acceptors (Lipinski definition) is 5. The third-order valence-electron chi connectivity index (χ3n) is 2.73. The maximum Gasteiger partial charge on any atom is 0.323 e. The topological polar surface area (TPSA) is 65.5 Å². The molecule has 0 spiro atoms. The Kier molecular flexibility index (Phi) is 5.48. The quantitative estimate of drug-likeness (QED) is 0.579. The summed E-state index contributed by atoms with van der Waals surface area (Å²) in [7, 11) is 0. The Morgan fingerprint density at radius 1 is 1.21 bits per heavy atom. The summed E-state index contributed by atoms with van der Waals surface area (Å²) in [5, 5.41) is 0. The van der Waals surface area contributed by atoms with E-state index < -0.39 is 17.4 Å². The number of carbonyl (C=O) groups excluding carboxylic acids is 2. The number of pyridine rings is 1. The zero-order chi connectivity index (χ0) is 14.3. The van der Waals surface area contributed by atoms with Gasteiger partial charge in [-0.3, -0.25) is 14.6 Å². The van der Waals surface area contributed by atoms with Crippen molar-refractivity contribution in [3.05, 3.63) is 30.1 Å². The van der Waals surface area contributed by atoms with Gasteiger partial charge in [-0.05, 0) is 32.4 Å². The van der Waals surface area contributed by atoms with E-state index in [9.17, 15) is 9.59 Å². The van der Waals surface area contributed by atoms with E-state index >= 15 is 0 Å². The van der Waals surface area contributed by atoms with Gasteiger partial charge in [0, 0.05) is 18.8 Å². The van der Waals surface area contributed by atoms with Crippen LogP contribution in [-0.2, 0) is 25.5 Å². The van der Waals surface area contributed by atoms with Crippen LogP contribution in [0, 0.1) is 5.41 Å². The highest BCUT2D eigenvalue weighted by Gasteiger charge is 2.44. The molecule has 0 aliphatic rings. The largest absolute Gasteiger partial charge is 0.465 e. The first-order valence-electron chi connectivity index (χ1n) is 6.28. The Morgan fingerprint density at radius 3 is 2.21 bits per heavy atom. The zero-order valence-corrected chi connectivity index (χ0v) is 11.5. The molecule has 0 fully saturated rings. The molecule has 5 nitrogen and oxygen atoms in total. The predicted octanol–water partition coefficient (Wildman–Crippen LogP) is 1.76. The molecular weight excluding hydrogens is 246 g/mol. The van der Waals surface area contributed by atoms with Crippen molar-refractivity contribution in [1.82, 2.24) is 4.98 Å². The van der Waals surface area contributed by atoms with Gasteiger partial charge in [-0.25, -0.2) is 0 Å². The molecule has 1 aromatic rings. The number of nitrogens with zero attached hydrogens (tertiary/aromatic N) is 1. The third kappa shape index (κ3) is 3.77. The van der Waals surface area contributed by atoms with Gasteiger partial charge in [0.1, 0.15) is 0 Å². The summed E-state index contributed by atoms with van der Waals surface area (Å²) in [6.07, 6.45) is 3.46. The summed E-state index contributed by atoms with van der Waals surface area (Å²) in [5.41, 5.74) is -0.555. The molecule has 0 aliphatic heterocycles. The molecule has 0 saturated heterocycles. The Bertz CT molecular complexity index is 412. The van der Waals surface area contributed by atoms with E-state index in [0.717, 1.165) is 5.56 Å². The summed E-state index contributed by atoms with van der Waals surface area (Å²) in [6.45, 7) is 5.39. The summed E-state index contributed by atoms with van der Waals surface area (Å²) in [5.74, 6) is -1.14. The molecule has 1 rings (SSSR count). The van der Waals surface area contributed by atoms with E-state index in [-0.39, 0.29) is 19.6 Å². The number of aromatic nitrogens is 1. The fraction of sp³-hybridized carbons (Fsp3) is 0.500. The van der Waals surface area contributed by atoms with Crippen LogP contribution in [0.25, 0.3) is 0 Å². The lowest BCUT2D eigenvalue weighted by Crippen LogP contribution is -2.41. The molecule has 0 N–H and O–H groups in total. The summed E-state index contributed by atoms with van der Waals surface area (Å²) in [4.78, 5) is 28.1. The molecule has 19 heavy (non-hydrogen) atoms. The predicted molar refractivity (Wildman–Crippen MR) is 69.3 cm³/mol. The zero-order valence-electron chi connectivity index (χ0n) is 11.5. The van der Waals surface area contributed by atoms with Crippen LogP contribution < -0.4 is 0 Å². The highest BCUT2D eigenvalue weighted by Crippen LogP contribution is 2.26. The number of hydrogen-bond donors (Lipinski definition) is 0. The van der Waals surface area contributed by atoms with Gasteiger partial charge in [-0.2, -0.15) is 0 Å². The van der Waals surface area contributed by atoms with E-state index in [1.807, 2.05) is 6.07 Å². The Morgan fingerprint density at radius 2 is 1.79 bits per heavy atom. The SMILES string of the molecule is CCOC(=O)C(C)(Cc1cccnc1)C(=O)OCC. The average molecular weight is 265 g/mol. The first kappa shape index (κ1) is 15.1. The fourth-order valence-electron chi connectivity index (χ4n) is 1.72. The maximum absolute atomic E-state index is 12.0. The molecule has 0 atom stereocenters. The number of esters is 2. The van der Waals surface area contributed by atoms with Gasteiger partial charge in [0.25, 0.3) is 0 Å². The average Bonchev–Trinajstić information content (AvgIpc) is 2.40. The monoisotopic (exact) mass is 265 g/mol. The van der Waals surface area contributed by atoms with Crippen molar-refractivity contribution < 1.29 is 19.1 Å². The normalized spacial score (nSPS) is 10.9. The van der Waals surface area contributed by atoms with E-state index in [1.165, 1.54) is 6.92 Å². The van der Waals surface area contributed by atoms with Gasteiger partial charge >= 0.3 is 11.9 Å². The first-order chi connectivity index (χ1) is 9.04. The van der Waals surface area contributed by atoms with Crippen molar-refractivity contribution in [2.75, 3.05) is 13.2 Å². The van der Waals surface area contributed by atoms with Crippen molar-refractivity contribution in [3.63, 3.8) is 0 Å². The summed E-state index contributed by atoms with van der Waals surface area (Å²) >= 11 is 0. The summed E-state index contributed by atoms with van der Waals surface area (Å²) in [6, 6.07) is 3.57. The van der Waals surface area contributed by atoms with E-state index in [2.05, 4.69) is 4.98 Å². The number of ether oxygens (including phenoxy) is 2. The van der Waals surface area contributed by atoms with Gasteiger partial charge in [0.05, 0.1) is 13.2 Å². The van der Waals surface area contributed by atoms with Crippen LogP contribution in [0.4, 0.5) is 0 Å². The van der Waals surface area contributed by atoms with Gasteiger partial charge in [-0.1, -0.05) is 6.07 Å². The fourth-order valence-corrected chi connectivity index (χ4v) is 1.72. The second-order valence-corrected chi connectivity index (χ2v) is 4.31. The molecule has 5 heteroatoms. The van der Waals surface area contributed by atoms with Crippen LogP contribution in [0.1, 0.15) is 26.3 Å². The highest BCUT2D eigenvalue weighted by atomic mass is 16.6. The van der Waals surface area contributed by atoms with Gasteiger partial charge < -0.3 is 9.47 Å². The maximum atomic E-state index is 12.0. The van der Waals surface area contributed by atoms with Crippen molar-refractivity contribution in [3.8, 4) is 0 Å². The molecule has 0 unspecified atom stereocenters. The molecule has 0 aromatic carbocycles. The molecule has 0 aliphatic carbocycles. The lowest BCUT2D eigenvalue weighted by molar-refractivity contribution is -0.170. The second kappa shape index (κ2) is 6.87. The van der Waals surface area contributed by atoms with Crippen molar-refractivity contribution in [2.24, 2.45) is 5.41 Å². The minimum atomic E-state index is -1.34. The van der Waals surface area contributed by atoms with Crippen molar-refractivity contribution in [2.45, 2.75) is 27.2 Å². The minimum Gasteiger partial charge on any atom is -0.465 e. The molecule has 1 heterocycles. The van der Waals surface area contributed by atoms with Crippen LogP contribution >= 0.6 is 0 Å². The van der Waals surface area contributed by atoms with Crippen LogP contribution in [0.15, 0.2) is 24.5 Å². The van der Waals surface area contributed by atoms with E-state index in [4.69, 9.17) is 9.47 Å². The molecule has 104 valence electrons. The van der Waals surface area contributed by atoms with E-state index in [0.29, 0.717) is 0 Å². The third-order valence-corrected chi connectivity index (χ3v) is 2.73. The number of rotatable bonds is 6. The minimum absolute atomic E-state index is 0.207. The van der Waals surface area contributed by atoms with Crippen molar-refractivity contribution in [1.29, 1.82) is 0 Å². The van der Waals surface area contributed by atoms with Gasteiger partial charge in [0.15, 0.2) is 5.41 Å². The molecule has 0 saturated carbocycles. The smallest absolute Gasteiger partial charge is 0.323 e. The lowest BCUT2D eigenvalue weighted by Gasteiger charge is -2.24. The van der Waals surface area contributed by atoms with Gasteiger partial charge in [0.2, 0.25) is 0 Å². The Hall–Kier alpha value is -1.91. The standard InChI is InChI=1S/C14H19NO4/c1-4-18-12(16)14(3,13(17)19-5-2)9-11-7-6-8-15-10-11/h6-8,10H,4-5,9H2,1-3H3. The lowest BCUT2D eigenvalue weighted by atomic mass is 9.84. The Labute approximate surface area is 112 Å². The van der Waals surface area contributed by atoms with E-state index in [1.54, 1.807) is 32.3 Å². The second-order valence-electron chi connectivity index (χ2n) is 4.31. The van der Waals surface area contributed by atoms with Crippen LogP contribution in [0.5, 0.6) is 0 Å². The summed E-state index contributed by atoms with van der Waals surface area (Å²) < 4.78 is 9.97. The molecular formula is C14H19NO4. The van der Waals surface area contributed by atoms with Crippen LogP contribution in [-0.4, -0.2) is 30.1 Å². The molecule has 0 radical (unpaired) electrons. The molecule has 0 amide bonds. The highest BCUT2D eigenvalue weighted by molar-refractivity contribution is 5.99.